The van der Waals surface area contributed by atoms with Crippen LogP contribution in [-0.2, 0) is 0 Å². The molecule has 1 fully saturated rings. The van der Waals surface area contributed by atoms with Gasteiger partial charge in [-0.2, -0.15) is 11.8 Å². The van der Waals surface area contributed by atoms with Gasteiger partial charge >= 0.3 is 0 Å². The molecule has 0 amide bonds. The van der Waals surface area contributed by atoms with Gasteiger partial charge in [0.1, 0.15) is 0 Å². The van der Waals surface area contributed by atoms with Crippen molar-refractivity contribution >= 4 is 11.8 Å². The van der Waals surface area contributed by atoms with Crippen molar-refractivity contribution < 1.29 is 0 Å². The average Bonchev–Trinajstić information content (AvgIpc) is 2.63. The normalized spacial score (nSPS) is 18.2. The molecule has 0 radical (unpaired) electrons. The summed E-state index contributed by atoms with van der Waals surface area (Å²) < 4.78 is 0. The molecule has 1 N–H and O–H groups in total. The topological polar surface area (TPSA) is 12.0 Å². The number of unbranched alkanes of at least 4 members (excludes halogenated alkanes) is 2. The minimum atomic E-state index is 0.862. The van der Waals surface area contributed by atoms with Crippen LogP contribution in [0, 0.1) is 0 Å². The fourth-order valence-electron chi connectivity index (χ4n) is 1.98. The molecular weight excluding hydrogens is 178 g/mol. The summed E-state index contributed by atoms with van der Waals surface area (Å²) in [5.41, 5.74) is 0. The Kier molecular flexibility index (Phi) is 6.73. The summed E-state index contributed by atoms with van der Waals surface area (Å²) in [5, 5.41) is 3.65. The quantitative estimate of drug-likeness (QED) is 0.635. The Morgan fingerprint density at radius 1 is 1.15 bits per heavy atom. The first kappa shape index (κ1) is 11.4. The molecule has 78 valence electrons. The van der Waals surface area contributed by atoms with Crippen LogP contribution in [0.2, 0.25) is 0 Å². The maximum atomic E-state index is 3.65. The van der Waals surface area contributed by atoms with Gasteiger partial charge in [0.2, 0.25) is 0 Å². The van der Waals surface area contributed by atoms with Gasteiger partial charge in [-0.1, -0.05) is 19.3 Å². The van der Waals surface area contributed by atoms with E-state index in [1.807, 2.05) is 11.8 Å². The second kappa shape index (κ2) is 7.69. The largest absolute Gasteiger partial charge is 0.314 e. The van der Waals surface area contributed by atoms with Crippen LogP contribution in [0.5, 0.6) is 0 Å². The number of thioether (sulfide) groups is 1. The third-order valence-corrected chi connectivity index (χ3v) is 3.51. The van der Waals surface area contributed by atoms with Crippen LogP contribution in [0.25, 0.3) is 0 Å². The SMILES string of the molecule is CSCCCCCNC1CCCC1. The van der Waals surface area contributed by atoms with Gasteiger partial charge in [-0.15, -0.1) is 0 Å². The zero-order valence-electron chi connectivity index (χ0n) is 8.85. The molecule has 0 saturated heterocycles. The molecule has 1 nitrogen and oxygen atoms in total. The van der Waals surface area contributed by atoms with Crippen molar-refractivity contribution in [2.45, 2.75) is 51.0 Å². The van der Waals surface area contributed by atoms with E-state index >= 15 is 0 Å². The minimum Gasteiger partial charge on any atom is -0.314 e. The second-order valence-corrected chi connectivity index (χ2v) is 4.97. The van der Waals surface area contributed by atoms with E-state index < -0.39 is 0 Å². The molecule has 0 heterocycles. The number of rotatable bonds is 7. The summed E-state index contributed by atoms with van der Waals surface area (Å²) in [4.78, 5) is 0. The molecule has 13 heavy (non-hydrogen) atoms. The van der Waals surface area contributed by atoms with Gasteiger partial charge < -0.3 is 5.32 Å². The Bertz CT molecular complexity index is 111. The van der Waals surface area contributed by atoms with E-state index in [0.717, 1.165) is 6.04 Å². The van der Waals surface area contributed by atoms with Crippen molar-refractivity contribution in [2.24, 2.45) is 0 Å². The lowest BCUT2D eigenvalue weighted by Crippen LogP contribution is -2.26. The van der Waals surface area contributed by atoms with Gasteiger partial charge in [-0.05, 0) is 44.2 Å². The molecule has 0 aromatic heterocycles. The number of nitrogens with one attached hydrogen (secondary N) is 1. The van der Waals surface area contributed by atoms with Crippen LogP contribution < -0.4 is 5.32 Å². The van der Waals surface area contributed by atoms with E-state index in [0.29, 0.717) is 0 Å². The summed E-state index contributed by atoms with van der Waals surface area (Å²) in [6.45, 7) is 1.25. The molecule has 0 bridgehead atoms. The Balaban J connectivity index is 1.78. The molecule has 0 spiro atoms. The predicted molar refractivity (Wildman–Crippen MR) is 62.5 cm³/mol. The number of hydrogen-bond acceptors (Lipinski definition) is 2. The van der Waals surface area contributed by atoms with Crippen LogP contribution in [0.4, 0.5) is 0 Å². The van der Waals surface area contributed by atoms with E-state index in [1.54, 1.807) is 0 Å². The first-order chi connectivity index (χ1) is 6.43. The molecule has 0 unspecified atom stereocenters. The van der Waals surface area contributed by atoms with Crippen LogP contribution in [0.1, 0.15) is 44.9 Å². The lowest BCUT2D eigenvalue weighted by molar-refractivity contribution is 0.507. The Hall–Kier alpha value is 0.310. The highest BCUT2D eigenvalue weighted by atomic mass is 32.2. The molecule has 0 atom stereocenters. The first-order valence-corrected chi connectivity index (χ1v) is 7.05. The van der Waals surface area contributed by atoms with Crippen molar-refractivity contribution in [2.75, 3.05) is 18.6 Å². The van der Waals surface area contributed by atoms with Crippen LogP contribution in [-0.4, -0.2) is 24.6 Å². The highest BCUT2D eigenvalue weighted by molar-refractivity contribution is 7.98. The summed E-state index contributed by atoms with van der Waals surface area (Å²) >= 11 is 1.96. The van der Waals surface area contributed by atoms with Gasteiger partial charge in [-0.25, -0.2) is 0 Å². The first-order valence-electron chi connectivity index (χ1n) is 5.66. The fraction of sp³-hybridized carbons (Fsp3) is 1.00. The molecule has 2 heteroatoms. The smallest absolute Gasteiger partial charge is 0.00670 e. The van der Waals surface area contributed by atoms with Gasteiger partial charge in [0, 0.05) is 6.04 Å². The van der Waals surface area contributed by atoms with Crippen molar-refractivity contribution in [1.82, 2.24) is 5.32 Å². The maximum absolute atomic E-state index is 3.65. The summed E-state index contributed by atoms with van der Waals surface area (Å²) in [6.07, 6.45) is 12.1. The van der Waals surface area contributed by atoms with E-state index in [-0.39, 0.29) is 0 Å². The highest BCUT2D eigenvalue weighted by Crippen LogP contribution is 2.17. The molecule has 1 rings (SSSR count). The Morgan fingerprint density at radius 3 is 2.62 bits per heavy atom. The maximum Gasteiger partial charge on any atom is 0.00670 e. The zero-order valence-corrected chi connectivity index (χ0v) is 9.67. The molecule has 0 aliphatic heterocycles. The summed E-state index contributed by atoms with van der Waals surface area (Å²) in [5.74, 6) is 1.34. The lowest BCUT2D eigenvalue weighted by atomic mass is 10.2. The average molecular weight is 201 g/mol. The van der Waals surface area contributed by atoms with E-state index in [4.69, 9.17) is 0 Å². The molecule has 1 aliphatic carbocycles. The standard InChI is InChI=1S/C11H23NS/c1-13-10-6-2-5-9-12-11-7-3-4-8-11/h11-12H,2-10H2,1H3. The lowest BCUT2D eigenvalue weighted by Gasteiger charge is -2.10. The monoisotopic (exact) mass is 201 g/mol. The van der Waals surface area contributed by atoms with Crippen molar-refractivity contribution in [1.29, 1.82) is 0 Å². The molecule has 0 aromatic rings. The molecular formula is C11H23NS. The Morgan fingerprint density at radius 2 is 1.92 bits per heavy atom. The van der Waals surface area contributed by atoms with Crippen LogP contribution >= 0.6 is 11.8 Å². The highest BCUT2D eigenvalue weighted by Gasteiger charge is 2.12. The number of hydrogen-bond donors (Lipinski definition) is 1. The zero-order chi connectivity index (χ0) is 9.36. The van der Waals surface area contributed by atoms with Crippen molar-refractivity contribution in [3.8, 4) is 0 Å². The van der Waals surface area contributed by atoms with Crippen molar-refractivity contribution in [3.63, 3.8) is 0 Å². The third kappa shape index (κ3) is 5.58. The van der Waals surface area contributed by atoms with Gasteiger partial charge in [0.25, 0.3) is 0 Å². The summed E-state index contributed by atoms with van der Waals surface area (Å²) in [6, 6.07) is 0.862. The van der Waals surface area contributed by atoms with Gasteiger partial charge in [0.15, 0.2) is 0 Å². The van der Waals surface area contributed by atoms with E-state index in [9.17, 15) is 0 Å². The van der Waals surface area contributed by atoms with Crippen molar-refractivity contribution in [3.05, 3.63) is 0 Å². The van der Waals surface area contributed by atoms with Gasteiger partial charge in [0.05, 0.1) is 0 Å². The second-order valence-electron chi connectivity index (χ2n) is 3.99. The van der Waals surface area contributed by atoms with E-state index in [2.05, 4.69) is 11.6 Å². The molecule has 1 aliphatic rings. The minimum absolute atomic E-state index is 0.862. The summed E-state index contributed by atoms with van der Waals surface area (Å²) in [7, 11) is 0. The predicted octanol–water partition coefficient (Wildman–Crippen LogP) is 3.05. The molecule has 0 aromatic carbocycles. The molecule has 1 saturated carbocycles. The third-order valence-electron chi connectivity index (χ3n) is 2.81. The van der Waals surface area contributed by atoms with Crippen LogP contribution in [0.3, 0.4) is 0 Å². The van der Waals surface area contributed by atoms with Crippen LogP contribution in [0.15, 0.2) is 0 Å². The van der Waals surface area contributed by atoms with Gasteiger partial charge in [-0.3, -0.25) is 0 Å². The fourth-order valence-corrected chi connectivity index (χ4v) is 2.48. The Labute approximate surface area is 87.1 Å². The van der Waals surface area contributed by atoms with E-state index in [1.165, 1.54) is 57.2 Å².